The molecule has 0 spiro atoms. The Labute approximate surface area is 565 Å². The van der Waals surface area contributed by atoms with Gasteiger partial charge in [0, 0.05) is 16.9 Å². The average molecular weight is 1350 g/mol. The summed E-state index contributed by atoms with van der Waals surface area (Å²) in [4.78, 5) is 63.3. The molecule has 4 aliphatic heterocycles. The molecule has 0 radical (unpaired) electrons. The Morgan fingerprint density at radius 2 is 0.867 bits per heavy atom. The normalized spacial score (nSPS) is 29.9. The predicted molar refractivity (Wildman–Crippen MR) is 344 cm³/mol. The number of hydrogen-bond acceptors (Lipinski definition) is 23. The molecule has 27 heteroatoms. The van der Waals surface area contributed by atoms with Crippen molar-refractivity contribution in [3.8, 4) is 0 Å². The third-order valence-corrected chi connectivity index (χ3v) is 17.2. The Hall–Kier alpha value is -8.70. The lowest BCUT2D eigenvalue weighted by Crippen LogP contribution is -2.68. The van der Waals surface area contributed by atoms with E-state index in [1.165, 1.54) is 19.2 Å². The van der Waals surface area contributed by atoms with E-state index < -0.39 is 153 Å². The Bertz CT molecular complexity index is 3590. The zero-order valence-electron chi connectivity index (χ0n) is 54.4. The first kappa shape index (κ1) is 72.1. The molecule has 4 saturated heterocycles. The van der Waals surface area contributed by atoms with Crippen LogP contribution in [0.3, 0.4) is 0 Å². The van der Waals surface area contributed by atoms with Gasteiger partial charge >= 0.3 is 23.9 Å². The molecule has 0 saturated carbocycles. The maximum Gasteiger partial charge on any atom is 0.338 e. The maximum atomic E-state index is 14.8. The lowest BCUT2D eigenvalue weighted by atomic mass is 9.87. The van der Waals surface area contributed by atoms with E-state index >= 15 is 0 Å². The molecular weight excluding hydrogens is 1270 g/mol. The molecule has 20 atom stereocenters. The molecule has 4 heterocycles. The van der Waals surface area contributed by atoms with Crippen LogP contribution in [0.4, 0.5) is 0 Å². The zero-order chi connectivity index (χ0) is 68.9. The van der Waals surface area contributed by atoms with Gasteiger partial charge in [0.25, 0.3) is 0 Å². The van der Waals surface area contributed by atoms with Crippen LogP contribution in [0.5, 0.6) is 0 Å². The number of carbonyl (C=O) groups is 4. The molecule has 4 fully saturated rings. The van der Waals surface area contributed by atoms with Gasteiger partial charge in [0.2, 0.25) is 0 Å². The highest BCUT2D eigenvalue weighted by Gasteiger charge is 2.60. The summed E-state index contributed by atoms with van der Waals surface area (Å²) >= 11 is 0. The molecule has 4 aliphatic rings. The van der Waals surface area contributed by atoms with Crippen LogP contribution in [-0.4, -0.2) is 174 Å². The van der Waals surface area contributed by atoms with Crippen molar-refractivity contribution in [2.24, 2.45) is 16.1 Å². The van der Waals surface area contributed by atoms with Crippen LogP contribution in [0.15, 0.2) is 192 Å². The van der Waals surface area contributed by atoms with E-state index in [1.807, 2.05) is 66.7 Å². The lowest BCUT2D eigenvalue weighted by Gasteiger charge is -2.51. The van der Waals surface area contributed by atoms with Crippen molar-refractivity contribution >= 4 is 23.9 Å². The number of ether oxygens (including phenoxy) is 16. The SMILES string of the molecule is CCC1O[C@@H](O[C@H]2C(C(=O)OC)O[C@@H](O[C@@H]3C(COC(=O)c4ccccc4)O[C@H](OC)C(N=[N+]=[N-])[C@@H]3OCc3ccccc3)C(OC(=O)c3ccccc3)[C@H]2OCc2ccccc2)C(N=[N+]=[N-])[C@@H](C)[C@@H]1O[C@@H]1OC(C(=O)OC)[C@@H](O)[C@@H](OCc2ccccc2)C1OCc1ccccc1. The number of azide groups is 2. The van der Waals surface area contributed by atoms with Crippen molar-refractivity contribution in [1.82, 2.24) is 0 Å². The minimum atomic E-state index is -1.91. The summed E-state index contributed by atoms with van der Waals surface area (Å²) in [7, 11) is 3.58. The summed E-state index contributed by atoms with van der Waals surface area (Å²) in [6, 6.07) is 49.8. The summed E-state index contributed by atoms with van der Waals surface area (Å²) < 4.78 is 103. The van der Waals surface area contributed by atoms with E-state index in [9.17, 15) is 35.3 Å². The van der Waals surface area contributed by atoms with Gasteiger partial charge in [-0.3, -0.25) is 0 Å². The highest BCUT2D eigenvalue weighted by molar-refractivity contribution is 5.90. The van der Waals surface area contributed by atoms with Crippen LogP contribution in [0.2, 0.25) is 0 Å². The van der Waals surface area contributed by atoms with Crippen LogP contribution in [-0.2, 0) is 112 Å². The van der Waals surface area contributed by atoms with Gasteiger partial charge in [-0.25, -0.2) is 19.2 Å². The van der Waals surface area contributed by atoms with Crippen LogP contribution in [0.1, 0.15) is 63.2 Å². The first-order chi connectivity index (χ1) is 47.8. The fourth-order valence-electron chi connectivity index (χ4n) is 12.2. The second kappa shape index (κ2) is 35.7. The van der Waals surface area contributed by atoms with Gasteiger partial charge in [-0.1, -0.05) is 182 Å². The largest absolute Gasteiger partial charge is 0.467 e. The van der Waals surface area contributed by atoms with E-state index in [4.69, 9.17) is 75.8 Å². The maximum absolute atomic E-state index is 14.8. The van der Waals surface area contributed by atoms with Crippen molar-refractivity contribution in [3.63, 3.8) is 0 Å². The van der Waals surface area contributed by atoms with E-state index in [-0.39, 0.29) is 44.0 Å². The molecule has 0 amide bonds. The van der Waals surface area contributed by atoms with Crippen molar-refractivity contribution in [2.75, 3.05) is 27.9 Å². The van der Waals surface area contributed by atoms with Gasteiger partial charge in [-0.05, 0) is 69.9 Å². The summed E-state index contributed by atoms with van der Waals surface area (Å²) in [6.45, 7) is 2.61. The number of aliphatic hydroxyl groups is 1. The third kappa shape index (κ3) is 18.0. The molecule has 0 bridgehead atoms. The van der Waals surface area contributed by atoms with Gasteiger partial charge < -0.3 is 80.9 Å². The monoisotopic (exact) mass is 1350 g/mol. The van der Waals surface area contributed by atoms with Crippen molar-refractivity contribution in [2.45, 2.75) is 163 Å². The fraction of sp³-hybridized carbons (Fsp3) is 0.437. The van der Waals surface area contributed by atoms with E-state index in [1.54, 1.807) is 117 Å². The number of esters is 4. The molecule has 8 unspecified atom stereocenters. The Balaban J connectivity index is 1.03. The molecule has 0 aromatic heterocycles. The van der Waals surface area contributed by atoms with Crippen molar-refractivity contribution in [3.05, 3.63) is 236 Å². The smallest absolute Gasteiger partial charge is 0.338 e. The lowest BCUT2D eigenvalue weighted by molar-refractivity contribution is -0.371. The molecule has 0 aliphatic carbocycles. The molecular formula is C71H78N6O21. The summed E-state index contributed by atoms with van der Waals surface area (Å²) in [5, 5.41) is 20.3. The third-order valence-electron chi connectivity index (χ3n) is 17.2. The summed E-state index contributed by atoms with van der Waals surface area (Å²) in [5.41, 5.74) is 23.7. The molecule has 27 nitrogen and oxygen atoms in total. The zero-order valence-corrected chi connectivity index (χ0v) is 54.4. The Morgan fingerprint density at radius 3 is 1.37 bits per heavy atom. The summed E-state index contributed by atoms with van der Waals surface area (Å²) in [5.74, 6) is -4.54. The molecule has 6 aromatic carbocycles. The first-order valence-corrected chi connectivity index (χ1v) is 32.0. The van der Waals surface area contributed by atoms with Crippen molar-refractivity contribution in [1.29, 1.82) is 0 Å². The Morgan fingerprint density at radius 1 is 0.449 bits per heavy atom. The number of methoxy groups -OCH3 is 3. The van der Waals surface area contributed by atoms with Crippen LogP contribution < -0.4 is 0 Å². The highest BCUT2D eigenvalue weighted by atomic mass is 16.8. The van der Waals surface area contributed by atoms with E-state index in [2.05, 4.69) is 20.1 Å². The number of nitrogens with zero attached hydrogens (tertiary/aromatic N) is 6. The van der Waals surface area contributed by atoms with Crippen LogP contribution in [0, 0.1) is 5.92 Å². The predicted octanol–water partition coefficient (Wildman–Crippen LogP) is 9.22. The second-order valence-corrected chi connectivity index (χ2v) is 23.4. The first-order valence-electron chi connectivity index (χ1n) is 32.0. The van der Waals surface area contributed by atoms with Gasteiger partial charge in [0.05, 0.1) is 70.0 Å². The Kier molecular flexibility index (Phi) is 26.2. The average Bonchev–Trinajstić information content (AvgIpc) is 0.764. The van der Waals surface area contributed by atoms with Gasteiger partial charge in [0.15, 0.2) is 43.5 Å². The minimum absolute atomic E-state index is 0.0149. The van der Waals surface area contributed by atoms with Gasteiger partial charge in [0.1, 0.15) is 61.5 Å². The fourth-order valence-corrected chi connectivity index (χ4v) is 12.2. The van der Waals surface area contributed by atoms with Gasteiger partial charge in [-0.15, -0.1) is 0 Å². The molecule has 10 rings (SSSR count). The standard InChI is InChI=1S/C71H78N6O21/c1-6-49-54(94-70-62(89-40-46-31-19-10-20-32-46)57(53(78)58(96-70)66(81)83-3)87-38-44-27-15-8-16-28-44)42(2)51(74-76-72)69(91-49)97-60-59(88-39-45-29-17-9-18-30-45)63(93-65(80)48-35-23-12-24-36-48)71(98-61(60)67(82)84-4)95-55-50(41-90-64(79)47-33-21-11-22-34-47)92-68(85-5)52(75-77-73)56(55)86-37-43-25-13-7-14-26-43/h7-36,42,49-63,68-71,78H,6,37-41H2,1-5H3/t42-,49?,50?,51?,52?,53+,54+,55-,56+,57-,58?,59+,60-,61?,62?,63?,68+,69+,70-,71-/m1/s1. The molecule has 1 N–H and O–H groups in total. The number of hydrogen-bond donors (Lipinski definition) is 1. The topological polar surface area (TPSA) is 334 Å². The van der Waals surface area contributed by atoms with E-state index in [0.29, 0.717) is 11.1 Å². The quantitative estimate of drug-likeness (QED) is 0.0150. The van der Waals surface area contributed by atoms with Crippen LogP contribution in [0.25, 0.3) is 20.9 Å². The molecule has 98 heavy (non-hydrogen) atoms. The van der Waals surface area contributed by atoms with Crippen LogP contribution >= 0.6 is 0 Å². The second-order valence-electron chi connectivity index (χ2n) is 23.4. The van der Waals surface area contributed by atoms with E-state index in [0.717, 1.165) is 25.3 Å². The molecule has 6 aromatic rings. The number of benzene rings is 6. The van der Waals surface area contributed by atoms with Crippen molar-refractivity contribution < 1.29 is 100 Å². The number of rotatable bonds is 29. The molecule has 518 valence electrons. The van der Waals surface area contributed by atoms with Gasteiger partial charge in [-0.2, -0.15) is 0 Å². The summed E-state index contributed by atoms with van der Waals surface area (Å²) in [6.07, 6.45) is -25.3. The number of carbonyl (C=O) groups excluding carboxylic acids is 4. The highest BCUT2D eigenvalue weighted by Crippen LogP contribution is 2.42. The number of aliphatic hydroxyl groups excluding tert-OH is 1. The minimum Gasteiger partial charge on any atom is -0.467 e.